The Morgan fingerprint density at radius 2 is 1.42 bits per heavy atom. The third-order valence-electron chi connectivity index (χ3n) is 10.5. The van der Waals surface area contributed by atoms with Gasteiger partial charge in [-0.15, -0.1) is 22.7 Å². The Morgan fingerprint density at radius 1 is 0.727 bits per heavy atom. The Kier molecular flexibility index (Phi) is 8.50. The summed E-state index contributed by atoms with van der Waals surface area (Å²) in [6.45, 7) is 6.12. The van der Waals surface area contributed by atoms with Gasteiger partial charge in [0.1, 0.15) is 21.5 Å². The molecule has 6 nitrogen and oxygen atoms in total. The molecule has 10 rings (SSSR count). The minimum atomic E-state index is 0.820. The second-order valence-electron chi connectivity index (χ2n) is 13.7. The fraction of sp³-hybridized carbons (Fsp3) is 0.128. The lowest BCUT2D eigenvalue weighted by atomic mass is 10.1. The minimum Gasteiger partial charge on any atom is -0.326 e. The summed E-state index contributed by atoms with van der Waals surface area (Å²) in [7, 11) is 0. The molecular weight excluding hydrogens is 713 g/mol. The fourth-order valence-electron chi connectivity index (χ4n) is 7.95. The number of aromatic nitrogens is 4. The van der Waals surface area contributed by atoms with Crippen LogP contribution < -0.4 is 14.4 Å². The van der Waals surface area contributed by atoms with Crippen LogP contribution in [0.3, 0.4) is 0 Å². The second-order valence-corrected chi connectivity index (χ2v) is 15.8. The van der Waals surface area contributed by atoms with E-state index in [-0.39, 0.29) is 0 Å². The van der Waals surface area contributed by atoms with Gasteiger partial charge in [-0.05, 0) is 118 Å². The van der Waals surface area contributed by atoms with E-state index >= 15 is 0 Å². The summed E-state index contributed by atoms with van der Waals surface area (Å²) < 4.78 is 7.27. The molecule has 0 unspecified atom stereocenters. The van der Waals surface area contributed by atoms with Crippen molar-refractivity contribution in [3.63, 3.8) is 0 Å². The summed E-state index contributed by atoms with van der Waals surface area (Å²) in [5.74, 6) is 2.25. The molecule has 0 fully saturated rings. The quantitative estimate of drug-likeness (QED) is 0.145. The normalized spacial score (nSPS) is 15.0. The summed E-state index contributed by atoms with van der Waals surface area (Å²) >= 11 is 3.50. The van der Waals surface area contributed by atoms with Crippen LogP contribution in [0.15, 0.2) is 151 Å². The zero-order chi connectivity index (χ0) is 36.9. The smallest absolute Gasteiger partial charge is 0.287 e. The van der Waals surface area contributed by atoms with Gasteiger partial charge in [0, 0.05) is 29.4 Å². The van der Waals surface area contributed by atoms with E-state index in [1.165, 1.54) is 31.8 Å². The first-order chi connectivity index (χ1) is 27.2. The molecule has 2 aliphatic rings. The van der Waals surface area contributed by atoms with Crippen molar-refractivity contribution in [1.82, 2.24) is 14.5 Å². The average molecular weight is 752 g/mol. The number of fused-ring (bicyclic) bond motifs is 4. The van der Waals surface area contributed by atoms with Crippen molar-refractivity contribution in [3.05, 3.63) is 157 Å². The lowest BCUT2D eigenvalue weighted by Crippen LogP contribution is -2.35. The van der Waals surface area contributed by atoms with Gasteiger partial charge in [0.05, 0.1) is 38.4 Å². The van der Waals surface area contributed by atoms with Crippen molar-refractivity contribution < 1.29 is 4.57 Å². The van der Waals surface area contributed by atoms with Crippen LogP contribution in [0.4, 0.5) is 17.1 Å². The zero-order valence-corrected chi connectivity index (χ0v) is 32.4. The van der Waals surface area contributed by atoms with Gasteiger partial charge in [-0.2, -0.15) is 4.57 Å². The van der Waals surface area contributed by atoms with Crippen LogP contribution in [0, 0.1) is 0 Å². The number of benzene rings is 5. The molecule has 0 spiro atoms. The van der Waals surface area contributed by atoms with Crippen LogP contribution in [0.25, 0.3) is 64.4 Å². The fourth-order valence-corrected chi connectivity index (χ4v) is 9.87. The van der Waals surface area contributed by atoms with Gasteiger partial charge in [0.2, 0.25) is 0 Å². The number of nitrogens with zero attached hydrogens (tertiary/aromatic N) is 6. The van der Waals surface area contributed by atoms with Gasteiger partial charge in [-0.1, -0.05) is 54.6 Å². The van der Waals surface area contributed by atoms with E-state index in [0.717, 1.165) is 81.1 Å². The number of allylic oxidation sites excluding steroid dienone is 6. The summed E-state index contributed by atoms with van der Waals surface area (Å²) in [6.07, 6.45) is 15.8. The Hall–Kier alpha value is -6.09. The number of hydrogen-bond donors (Lipinski definition) is 0. The van der Waals surface area contributed by atoms with Crippen molar-refractivity contribution >= 4 is 83.0 Å². The molecule has 5 aromatic carbocycles. The molecule has 3 aromatic heterocycles. The van der Waals surface area contributed by atoms with Crippen LogP contribution in [0.1, 0.15) is 32.5 Å². The SMILES string of the molecule is CCN1/C(=C/C=C/c2n(C3=CCCC=C3)c3ccc(-c4nc5ccccc5s4)cc3[n+]2CC)N(c2ccccc2)c2ccc(-c3nc4ccccc4s3)cc21. The van der Waals surface area contributed by atoms with Crippen LogP contribution >= 0.6 is 22.7 Å². The predicted molar refractivity (Wildman–Crippen MR) is 233 cm³/mol. The highest BCUT2D eigenvalue weighted by molar-refractivity contribution is 7.22. The van der Waals surface area contributed by atoms with Gasteiger partial charge in [0.15, 0.2) is 11.0 Å². The number of anilines is 3. The number of rotatable bonds is 8. The van der Waals surface area contributed by atoms with Gasteiger partial charge < -0.3 is 4.90 Å². The molecule has 8 heteroatoms. The van der Waals surface area contributed by atoms with E-state index in [4.69, 9.17) is 9.97 Å². The van der Waals surface area contributed by atoms with Gasteiger partial charge in [-0.3, -0.25) is 4.90 Å². The minimum absolute atomic E-state index is 0.820. The maximum absolute atomic E-state index is 5.00. The summed E-state index contributed by atoms with van der Waals surface area (Å²) in [4.78, 5) is 14.8. The first kappa shape index (κ1) is 33.5. The monoisotopic (exact) mass is 751 g/mol. The summed E-state index contributed by atoms with van der Waals surface area (Å²) in [6, 6.07) is 41.1. The number of imidazole rings is 1. The van der Waals surface area contributed by atoms with Crippen molar-refractivity contribution in [2.24, 2.45) is 0 Å². The summed E-state index contributed by atoms with van der Waals surface area (Å²) in [5, 5.41) is 2.09. The van der Waals surface area contributed by atoms with E-state index < -0.39 is 0 Å². The standard InChI is InChI=1S/C47H39N6S2/c1-3-50-40-30-32(46-48-36-20-11-13-22-42(36)54-46)26-28-38(40)52(34-16-7-5-8-17-34)44(50)24-15-25-45-51(4-2)41-31-33(47-49-37-21-12-14-23-43(37)55-47)27-29-39(41)53(45)35-18-9-6-10-19-35/h5,7-9,11-31H,3-4,6,10H2,1-2H3/q+1. The number of para-hydroxylation sites is 3. The van der Waals surface area contributed by atoms with Crippen LogP contribution in [0.2, 0.25) is 0 Å². The molecule has 1 aliphatic carbocycles. The molecule has 0 N–H and O–H groups in total. The van der Waals surface area contributed by atoms with E-state index in [1.54, 1.807) is 22.7 Å². The first-order valence-electron chi connectivity index (χ1n) is 19.0. The Bertz CT molecular complexity index is 2800. The van der Waals surface area contributed by atoms with Crippen molar-refractivity contribution in [1.29, 1.82) is 0 Å². The molecule has 0 saturated heterocycles. The summed E-state index contributed by atoms with van der Waals surface area (Å²) in [5.41, 5.74) is 11.4. The highest BCUT2D eigenvalue weighted by atomic mass is 32.1. The van der Waals surface area contributed by atoms with Crippen molar-refractivity contribution in [3.8, 4) is 21.1 Å². The van der Waals surface area contributed by atoms with Gasteiger partial charge >= 0.3 is 0 Å². The number of aryl methyl sites for hydroxylation is 1. The predicted octanol–water partition coefficient (Wildman–Crippen LogP) is 12.2. The van der Waals surface area contributed by atoms with E-state index in [0.29, 0.717) is 0 Å². The molecule has 8 aromatic rings. The number of hydrogen-bond acceptors (Lipinski definition) is 6. The zero-order valence-electron chi connectivity index (χ0n) is 30.8. The maximum atomic E-state index is 5.00. The highest BCUT2D eigenvalue weighted by Crippen LogP contribution is 2.48. The third kappa shape index (κ3) is 5.80. The molecule has 0 bridgehead atoms. The van der Waals surface area contributed by atoms with E-state index in [9.17, 15) is 0 Å². The second kappa shape index (κ2) is 14.0. The molecule has 55 heavy (non-hydrogen) atoms. The lowest BCUT2D eigenvalue weighted by Gasteiger charge is -2.24. The van der Waals surface area contributed by atoms with Crippen LogP contribution in [0.5, 0.6) is 0 Å². The molecule has 0 amide bonds. The van der Waals surface area contributed by atoms with Crippen LogP contribution in [-0.4, -0.2) is 21.1 Å². The Labute approximate surface area is 328 Å². The number of thiazole rings is 2. The lowest BCUT2D eigenvalue weighted by molar-refractivity contribution is -0.670. The third-order valence-corrected chi connectivity index (χ3v) is 12.6. The van der Waals surface area contributed by atoms with E-state index in [2.05, 4.69) is 184 Å². The van der Waals surface area contributed by atoms with Gasteiger partial charge in [0.25, 0.3) is 5.82 Å². The molecule has 4 heterocycles. The molecule has 0 radical (unpaired) electrons. The Balaban J connectivity index is 1.09. The average Bonchev–Trinajstić information content (AvgIpc) is 4.01. The maximum Gasteiger partial charge on any atom is 0.287 e. The largest absolute Gasteiger partial charge is 0.326 e. The van der Waals surface area contributed by atoms with Crippen molar-refractivity contribution in [2.75, 3.05) is 16.3 Å². The molecule has 1 aliphatic heterocycles. The molecular formula is C47H39N6S2+. The van der Waals surface area contributed by atoms with Crippen molar-refractivity contribution in [2.45, 2.75) is 33.2 Å². The molecule has 268 valence electrons. The highest BCUT2D eigenvalue weighted by Gasteiger charge is 2.32. The Morgan fingerprint density at radius 3 is 2.09 bits per heavy atom. The topological polar surface area (TPSA) is 41.1 Å². The van der Waals surface area contributed by atoms with Gasteiger partial charge in [-0.25, -0.2) is 14.5 Å². The first-order valence-corrected chi connectivity index (χ1v) is 20.6. The molecule has 0 atom stereocenters. The molecule has 0 saturated carbocycles. The van der Waals surface area contributed by atoms with Crippen LogP contribution in [-0.2, 0) is 6.54 Å². The van der Waals surface area contributed by atoms with E-state index in [1.807, 2.05) is 0 Å².